The molecule has 31 heavy (non-hydrogen) atoms. The third-order valence-corrected chi connectivity index (χ3v) is 5.54. The van der Waals surface area contributed by atoms with Crippen LogP contribution in [0.1, 0.15) is 33.6 Å². The zero-order chi connectivity index (χ0) is 21.2. The number of aromatic amines is 1. The van der Waals surface area contributed by atoms with Gasteiger partial charge in [-0.3, -0.25) is 9.89 Å². The minimum atomic E-state index is -0.500. The van der Waals surface area contributed by atoms with Crippen LogP contribution in [0.3, 0.4) is 0 Å². The molecule has 8 heteroatoms. The zero-order valence-electron chi connectivity index (χ0n) is 17.0. The maximum absolute atomic E-state index is 11.8. The lowest BCUT2D eigenvalue weighted by atomic mass is 10.1. The Kier molecular flexibility index (Phi) is 5.05. The summed E-state index contributed by atoms with van der Waals surface area (Å²) in [5, 5.41) is 15.1. The highest BCUT2D eigenvalue weighted by molar-refractivity contribution is 6.07. The number of carbonyl (C=O) groups excluding carboxylic acids is 1. The monoisotopic (exact) mass is 413 g/mol. The summed E-state index contributed by atoms with van der Waals surface area (Å²) in [6.07, 6.45) is 1.88. The number of nitrogens with two attached hydrogens (primary N) is 1. The molecule has 0 bridgehead atoms. The minimum absolute atomic E-state index is 0.401. The average Bonchev–Trinajstić information content (AvgIpc) is 3.08. The molecule has 0 spiro atoms. The van der Waals surface area contributed by atoms with E-state index in [2.05, 4.69) is 33.0 Å². The summed E-state index contributed by atoms with van der Waals surface area (Å²) in [6, 6.07) is 15.6. The van der Waals surface area contributed by atoms with Crippen LogP contribution in [0.2, 0.25) is 0 Å². The molecule has 0 saturated heterocycles. The number of carbonyl (C=O) groups is 1. The number of benzene rings is 2. The second-order valence-electron chi connectivity index (χ2n) is 7.61. The van der Waals surface area contributed by atoms with Crippen LogP contribution in [-0.4, -0.2) is 32.6 Å². The molecule has 4 aromatic rings. The van der Waals surface area contributed by atoms with Crippen molar-refractivity contribution in [2.24, 2.45) is 5.73 Å². The highest BCUT2D eigenvalue weighted by atomic mass is 16.1. The van der Waals surface area contributed by atoms with Gasteiger partial charge in [-0.2, -0.15) is 5.10 Å². The molecule has 0 saturated carbocycles. The van der Waals surface area contributed by atoms with E-state index in [0.717, 1.165) is 48.4 Å². The van der Waals surface area contributed by atoms with Crippen LogP contribution >= 0.6 is 0 Å². The number of hydrogen-bond acceptors (Lipinski definition) is 6. The SMILES string of the molecule is NC(=O)c1cccc2c(-c3nc4c(c(NCc5ccccc5)n3)CNCCC4)n[nH]c12. The van der Waals surface area contributed by atoms with Crippen LogP contribution in [0, 0.1) is 0 Å². The summed E-state index contributed by atoms with van der Waals surface area (Å²) >= 11 is 0. The van der Waals surface area contributed by atoms with Gasteiger partial charge in [-0.05, 0) is 31.0 Å². The first-order valence-electron chi connectivity index (χ1n) is 10.4. The summed E-state index contributed by atoms with van der Waals surface area (Å²) in [5.74, 6) is 0.837. The van der Waals surface area contributed by atoms with Gasteiger partial charge in [0.25, 0.3) is 5.91 Å². The molecule has 1 amide bonds. The molecule has 2 aromatic heterocycles. The first-order chi connectivity index (χ1) is 15.2. The van der Waals surface area contributed by atoms with Gasteiger partial charge in [0.2, 0.25) is 0 Å². The second kappa shape index (κ2) is 8.16. The number of nitrogens with one attached hydrogen (secondary N) is 3. The van der Waals surface area contributed by atoms with Crippen LogP contribution in [0.4, 0.5) is 5.82 Å². The van der Waals surface area contributed by atoms with Crippen molar-refractivity contribution in [3.63, 3.8) is 0 Å². The van der Waals surface area contributed by atoms with Crippen LogP contribution in [0.15, 0.2) is 48.5 Å². The molecule has 156 valence electrons. The molecule has 5 rings (SSSR count). The molecular weight excluding hydrogens is 390 g/mol. The lowest BCUT2D eigenvalue weighted by Gasteiger charge is -2.14. The molecule has 8 nitrogen and oxygen atoms in total. The number of rotatable bonds is 5. The normalized spacial score (nSPS) is 13.5. The van der Waals surface area contributed by atoms with Crippen LogP contribution < -0.4 is 16.4 Å². The summed E-state index contributed by atoms with van der Waals surface area (Å²) < 4.78 is 0. The highest BCUT2D eigenvalue weighted by Crippen LogP contribution is 2.29. The van der Waals surface area contributed by atoms with Crippen molar-refractivity contribution in [3.05, 3.63) is 70.9 Å². The van der Waals surface area contributed by atoms with Gasteiger partial charge in [-0.1, -0.05) is 42.5 Å². The number of H-pyrrole nitrogens is 1. The number of nitrogens with zero attached hydrogens (tertiary/aromatic N) is 3. The van der Waals surface area contributed by atoms with E-state index < -0.39 is 5.91 Å². The third kappa shape index (κ3) is 3.73. The van der Waals surface area contributed by atoms with Crippen molar-refractivity contribution in [1.29, 1.82) is 0 Å². The van der Waals surface area contributed by atoms with E-state index in [1.165, 1.54) is 5.56 Å². The van der Waals surface area contributed by atoms with Crippen molar-refractivity contribution in [3.8, 4) is 11.5 Å². The molecule has 5 N–H and O–H groups in total. The Hall–Kier alpha value is -3.78. The molecule has 0 fully saturated rings. The molecule has 0 unspecified atom stereocenters. The van der Waals surface area contributed by atoms with Crippen LogP contribution in [0.25, 0.3) is 22.4 Å². The number of hydrogen-bond donors (Lipinski definition) is 4. The van der Waals surface area contributed by atoms with Gasteiger partial charge in [0.15, 0.2) is 5.82 Å². The Morgan fingerprint density at radius 3 is 2.81 bits per heavy atom. The molecular formula is C23H23N7O. The van der Waals surface area contributed by atoms with E-state index in [9.17, 15) is 4.79 Å². The summed E-state index contributed by atoms with van der Waals surface area (Å²) in [4.78, 5) is 21.5. The predicted molar refractivity (Wildman–Crippen MR) is 119 cm³/mol. The van der Waals surface area contributed by atoms with Crippen molar-refractivity contribution in [2.45, 2.75) is 25.9 Å². The van der Waals surface area contributed by atoms with Gasteiger partial charge in [0, 0.05) is 24.0 Å². The Balaban J connectivity index is 1.59. The van der Waals surface area contributed by atoms with Crippen molar-refractivity contribution >= 4 is 22.6 Å². The summed E-state index contributed by atoms with van der Waals surface area (Å²) in [7, 11) is 0. The Morgan fingerprint density at radius 2 is 1.97 bits per heavy atom. The van der Waals surface area contributed by atoms with E-state index in [1.54, 1.807) is 12.1 Å². The molecule has 0 radical (unpaired) electrons. The van der Waals surface area contributed by atoms with Gasteiger partial charge >= 0.3 is 0 Å². The number of para-hydroxylation sites is 1. The van der Waals surface area contributed by atoms with Gasteiger partial charge in [0.05, 0.1) is 16.8 Å². The lowest BCUT2D eigenvalue weighted by molar-refractivity contribution is 0.100. The van der Waals surface area contributed by atoms with Crippen molar-refractivity contribution < 1.29 is 4.79 Å². The summed E-state index contributed by atoms with van der Waals surface area (Å²) in [6.45, 7) is 2.33. The van der Waals surface area contributed by atoms with Crippen LogP contribution in [-0.2, 0) is 19.5 Å². The third-order valence-electron chi connectivity index (χ3n) is 5.54. The van der Waals surface area contributed by atoms with Crippen molar-refractivity contribution in [2.75, 3.05) is 11.9 Å². The van der Waals surface area contributed by atoms with Gasteiger partial charge in [-0.15, -0.1) is 0 Å². The highest BCUT2D eigenvalue weighted by Gasteiger charge is 2.21. The topological polar surface area (TPSA) is 122 Å². The van der Waals surface area contributed by atoms with E-state index in [1.807, 2.05) is 24.3 Å². The van der Waals surface area contributed by atoms with Crippen LogP contribution in [0.5, 0.6) is 0 Å². The minimum Gasteiger partial charge on any atom is -0.366 e. The Bertz CT molecular complexity index is 1250. The molecule has 1 aliphatic rings. The number of aromatic nitrogens is 4. The van der Waals surface area contributed by atoms with E-state index in [-0.39, 0.29) is 0 Å². The number of anilines is 1. The first kappa shape index (κ1) is 19.2. The van der Waals surface area contributed by atoms with Gasteiger partial charge < -0.3 is 16.4 Å². The van der Waals surface area contributed by atoms with Gasteiger partial charge in [0.1, 0.15) is 11.5 Å². The first-order valence-corrected chi connectivity index (χ1v) is 10.4. The number of amides is 1. The zero-order valence-corrected chi connectivity index (χ0v) is 17.0. The van der Waals surface area contributed by atoms with E-state index >= 15 is 0 Å². The predicted octanol–water partition coefficient (Wildman–Crippen LogP) is 2.77. The standard InChI is InChI=1S/C23H23N7O/c24-21(31)16-9-4-8-15-19(16)29-30-20(15)23-27-18-10-5-11-25-13-17(18)22(28-23)26-12-14-6-2-1-3-7-14/h1-4,6-9,25H,5,10-13H2,(H2,24,31)(H,29,30)(H,26,27,28). The van der Waals surface area contributed by atoms with Crippen molar-refractivity contribution in [1.82, 2.24) is 25.5 Å². The lowest BCUT2D eigenvalue weighted by Crippen LogP contribution is -2.15. The fraction of sp³-hybridized carbons (Fsp3) is 0.217. The number of fused-ring (bicyclic) bond motifs is 2. The van der Waals surface area contributed by atoms with Gasteiger partial charge in [-0.25, -0.2) is 9.97 Å². The number of aryl methyl sites for hydroxylation is 1. The molecule has 3 heterocycles. The van der Waals surface area contributed by atoms with E-state index in [4.69, 9.17) is 15.7 Å². The largest absolute Gasteiger partial charge is 0.366 e. The fourth-order valence-electron chi connectivity index (χ4n) is 3.97. The molecule has 0 aliphatic carbocycles. The number of primary amides is 1. The Morgan fingerprint density at radius 1 is 1.10 bits per heavy atom. The van der Waals surface area contributed by atoms with E-state index in [0.29, 0.717) is 29.1 Å². The molecule has 2 aromatic carbocycles. The average molecular weight is 413 g/mol. The second-order valence-corrected chi connectivity index (χ2v) is 7.61. The maximum Gasteiger partial charge on any atom is 0.250 e. The maximum atomic E-state index is 11.8. The quantitative estimate of drug-likeness (QED) is 0.399. The fourth-order valence-corrected chi connectivity index (χ4v) is 3.97. The Labute approximate surface area is 179 Å². The molecule has 0 atom stereocenters. The smallest absolute Gasteiger partial charge is 0.250 e. The molecule has 1 aliphatic heterocycles. The summed E-state index contributed by atoms with van der Waals surface area (Å²) in [5.41, 5.74) is 10.4.